The standard InChI is InChI=1S/C29H30Cl2N4O5/c1-17-21(13-33-35(17)18-8-10-29(2,11-9-18)28(38)39)27(37)34-16-20(40-19-6-4-3-5-7-19)12-24(34)26(36)25-22(30)14-32-15-23(25)31/h3-7,13-15,18,20,24H,8-12,16H2,1-2H3,(H,38,39)/t18-,20-,24+,29-/m1/s1. The minimum Gasteiger partial charge on any atom is -0.488 e. The van der Waals surface area contributed by atoms with Crippen molar-refractivity contribution in [3.8, 4) is 5.75 Å². The molecule has 3 heterocycles. The summed E-state index contributed by atoms with van der Waals surface area (Å²) in [6.07, 6.45) is 6.43. The number of amides is 1. The molecule has 9 nitrogen and oxygen atoms in total. The number of carbonyl (C=O) groups excluding carboxylic acids is 2. The van der Waals surface area contributed by atoms with Gasteiger partial charge in [0.15, 0.2) is 5.78 Å². The van der Waals surface area contributed by atoms with E-state index in [2.05, 4.69) is 10.1 Å². The highest BCUT2D eigenvalue weighted by Gasteiger charge is 2.44. The van der Waals surface area contributed by atoms with Crippen molar-refractivity contribution < 1.29 is 24.2 Å². The summed E-state index contributed by atoms with van der Waals surface area (Å²) in [4.78, 5) is 44.9. The fourth-order valence-corrected chi connectivity index (χ4v) is 6.27. The van der Waals surface area contributed by atoms with Crippen LogP contribution in [0.4, 0.5) is 0 Å². The summed E-state index contributed by atoms with van der Waals surface area (Å²) in [5, 5.41) is 14.3. The number of carboxylic acids is 1. The van der Waals surface area contributed by atoms with E-state index in [1.54, 1.807) is 6.92 Å². The first-order valence-electron chi connectivity index (χ1n) is 13.2. The molecule has 3 aromatic rings. The second-order valence-corrected chi connectivity index (χ2v) is 11.6. The van der Waals surface area contributed by atoms with E-state index in [1.165, 1.54) is 23.5 Å². The van der Waals surface area contributed by atoms with Crippen molar-refractivity contribution in [2.75, 3.05) is 6.54 Å². The lowest BCUT2D eigenvalue weighted by Gasteiger charge is -2.34. The molecule has 0 radical (unpaired) electrons. The average Bonchev–Trinajstić information content (AvgIpc) is 3.53. The number of benzene rings is 1. The lowest BCUT2D eigenvalue weighted by molar-refractivity contribution is -0.150. The molecular weight excluding hydrogens is 555 g/mol. The normalized spacial score (nSPS) is 24.6. The van der Waals surface area contributed by atoms with E-state index in [1.807, 2.05) is 41.9 Å². The number of ketones is 1. The molecule has 1 amide bonds. The van der Waals surface area contributed by atoms with E-state index >= 15 is 0 Å². The number of likely N-dealkylation sites (tertiary alicyclic amines) is 1. The molecule has 0 bridgehead atoms. The molecule has 1 saturated carbocycles. The molecule has 210 valence electrons. The van der Waals surface area contributed by atoms with Crippen LogP contribution in [-0.4, -0.2) is 61.1 Å². The Balaban J connectivity index is 1.41. The number of carbonyl (C=O) groups is 3. The number of rotatable bonds is 7. The SMILES string of the molecule is Cc1c(C(=O)N2C[C@H](Oc3ccccc3)C[C@H]2C(=O)c2c(Cl)cncc2Cl)cnn1[C@H]1CC[C@](C)(C(=O)O)CC1. The van der Waals surface area contributed by atoms with Gasteiger partial charge in [0, 0.05) is 24.5 Å². The number of nitrogens with zero attached hydrogens (tertiary/aromatic N) is 4. The van der Waals surface area contributed by atoms with Gasteiger partial charge in [-0.15, -0.1) is 0 Å². The van der Waals surface area contributed by atoms with Gasteiger partial charge in [0.25, 0.3) is 5.91 Å². The highest BCUT2D eigenvalue weighted by Crippen LogP contribution is 2.41. The minimum atomic E-state index is -0.854. The van der Waals surface area contributed by atoms with Gasteiger partial charge in [0.05, 0.1) is 51.4 Å². The molecule has 11 heteroatoms. The second-order valence-electron chi connectivity index (χ2n) is 10.8. The molecule has 1 aromatic carbocycles. The molecule has 1 saturated heterocycles. The quantitative estimate of drug-likeness (QED) is 0.357. The Kier molecular flexibility index (Phi) is 7.88. The highest BCUT2D eigenvalue weighted by molar-refractivity contribution is 6.40. The summed E-state index contributed by atoms with van der Waals surface area (Å²) in [7, 11) is 0. The van der Waals surface area contributed by atoms with Gasteiger partial charge < -0.3 is 14.7 Å². The number of pyridine rings is 1. The number of Topliss-reactive ketones (excluding diaryl/α,β-unsaturated/α-hetero) is 1. The second kappa shape index (κ2) is 11.2. The molecule has 2 fully saturated rings. The Bertz CT molecular complexity index is 1420. The van der Waals surface area contributed by atoms with Crippen molar-refractivity contribution in [1.82, 2.24) is 19.7 Å². The third-order valence-electron chi connectivity index (χ3n) is 8.17. The third-order valence-corrected chi connectivity index (χ3v) is 8.74. The van der Waals surface area contributed by atoms with Gasteiger partial charge in [-0.05, 0) is 51.7 Å². The number of halogens is 2. The maximum absolute atomic E-state index is 14.0. The van der Waals surface area contributed by atoms with Crippen LogP contribution in [-0.2, 0) is 4.79 Å². The van der Waals surface area contributed by atoms with Crippen molar-refractivity contribution in [3.05, 3.63) is 75.8 Å². The zero-order valence-corrected chi connectivity index (χ0v) is 23.7. The minimum absolute atomic E-state index is 0.00595. The Labute approximate surface area is 242 Å². The first kappa shape index (κ1) is 28.1. The molecule has 2 aliphatic rings. The van der Waals surface area contributed by atoms with Crippen molar-refractivity contribution in [2.45, 2.75) is 64.1 Å². The predicted molar refractivity (Wildman–Crippen MR) is 149 cm³/mol. The third kappa shape index (κ3) is 5.32. The van der Waals surface area contributed by atoms with Crippen molar-refractivity contribution in [1.29, 1.82) is 0 Å². The van der Waals surface area contributed by atoms with Crippen LogP contribution in [0, 0.1) is 12.3 Å². The monoisotopic (exact) mass is 584 g/mol. The van der Waals surface area contributed by atoms with Gasteiger partial charge in [-0.2, -0.15) is 5.10 Å². The molecule has 1 aliphatic carbocycles. The van der Waals surface area contributed by atoms with Gasteiger partial charge in [0.2, 0.25) is 0 Å². The lowest BCUT2D eigenvalue weighted by atomic mass is 9.74. The summed E-state index contributed by atoms with van der Waals surface area (Å²) < 4.78 is 7.96. The first-order chi connectivity index (χ1) is 19.1. The molecule has 0 spiro atoms. The number of para-hydroxylation sites is 1. The van der Waals surface area contributed by atoms with Gasteiger partial charge in [-0.1, -0.05) is 41.4 Å². The van der Waals surface area contributed by atoms with Crippen LogP contribution in [0.5, 0.6) is 5.75 Å². The van der Waals surface area contributed by atoms with Crippen molar-refractivity contribution in [3.63, 3.8) is 0 Å². The molecule has 5 rings (SSSR count). The average molecular weight is 585 g/mol. The number of hydrogen-bond acceptors (Lipinski definition) is 6. The molecule has 40 heavy (non-hydrogen) atoms. The smallest absolute Gasteiger partial charge is 0.309 e. The van der Waals surface area contributed by atoms with E-state index < -0.39 is 23.5 Å². The van der Waals surface area contributed by atoms with Crippen LogP contribution in [0.3, 0.4) is 0 Å². The van der Waals surface area contributed by atoms with Gasteiger partial charge in [-0.3, -0.25) is 24.0 Å². The van der Waals surface area contributed by atoms with E-state index in [0.29, 0.717) is 42.7 Å². The summed E-state index contributed by atoms with van der Waals surface area (Å²) in [5.41, 5.74) is 0.435. The van der Waals surface area contributed by atoms with E-state index in [0.717, 1.165) is 0 Å². The molecule has 2 aromatic heterocycles. The van der Waals surface area contributed by atoms with E-state index in [9.17, 15) is 19.5 Å². The van der Waals surface area contributed by atoms with Crippen molar-refractivity contribution >= 4 is 40.9 Å². The molecule has 1 aliphatic heterocycles. The number of aromatic nitrogens is 3. The highest BCUT2D eigenvalue weighted by atomic mass is 35.5. The zero-order valence-electron chi connectivity index (χ0n) is 22.2. The first-order valence-corrected chi connectivity index (χ1v) is 14.0. The molecule has 0 unspecified atom stereocenters. The van der Waals surface area contributed by atoms with E-state index in [-0.39, 0.29) is 46.3 Å². The summed E-state index contributed by atoms with van der Waals surface area (Å²) in [5.74, 6) is -0.864. The fraction of sp³-hybridized carbons (Fsp3) is 0.414. The Morgan fingerprint density at radius 3 is 2.33 bits per heavy atom. The van der Waals surface area contributed by atoms with Crippen LogP contribution in [0.15, 0.2) is 48.9 Å². The van der Waals surface area contributed by atoms with Crippen LogP contribution in [0.1, 0.15) is 71.5 Å². The predicted octanol–water partition coefficient (Wildman–Crippen LogP) is 5.64. The zero-order chi connectivity index (χ0) is 28.6. The van der Waals surface area contributed by atoms with E-state index in [4.69, 9.17) is 27.9 Å². The summed E-state index contributed by atoms with van der Waals surface area (Å²) >= 11 is 12.6. The number of carboxylic acid groups (broad SMARTS) is 1. The number of aliphatic carboxylic acids is 1. The van der Waals surface area contributed by atoms with Gasteiger partial charge in [-0.25, -0.2) is 0 Å². The largest absolute Gasteiger partial charge is 0.488 e. The molecule has 1 N–H and O–H groups in total. The van der Waals surface area contributed by atoms with Gasteiger partial charge in [0.1, 0.15) is 11.9 Å². The fourth-order valence-electron chi connectivity index (χ4n) is 5.71. The summed E-state index contributed by atoms with van der Waals surface area (Å²) in [6, 6.07) is 8.38. The topological polar surface area (TPSA) is 115 Å². The van der Waals surface area contributed by atoms with Crippen LogP contribution in [0.25, 0.3) is 0 Å². The van der Waals surface area contributed by atoms with Crippen LogP contribution >= 0.6 is 23.2 Å². The lowest BCUT2D eigenvalue weighted by Crippen LogP contribution is -2.41. The van der Waals surface area contributed by atoms with Crippen LogP contribution in [0.2, 0.25) is 10.0 Å². The Hall–Kier alpha value is -3.43. The molecule has 2 atom stereocenters. The Morgan fingerprint density at radius 1 is 1.05 bits per heavy atom. The van der Waals surface area contributed by atoms with Crippen LogP contribution < -0.4 is 4.74 Å². The number of hydrogen-bond donors (Lipinski definition) is 1. The maximum Gasteiger partial charge on any atom is 0.309 e. The Morgan fingerprint density at radius 2 is 1.70 bits per heavy atom. The molecular formula is C29H30Cl2N4O5. The summed E-state index contributed by atoms with van der Waals surface area (Å²) in [6.45, 7) is 3.79. The maximum atomic E-state index is 14.0. The van der Waals surface area contributed by atoms with Crippen molar-refractivity contribution in [2.24, 2.45) is 5.41 Å². The number of ether oxygens (including phenoxy) is 1. The van der Waals surface area contributed by atoms with Gasteiger partial charge >= 0.3 is 5.97 Å².